The highest BCUT2D eigenvalue weighted by molar-refractivity contribution is 5.85. The minimum absolute atomic E-state index is 0.179. The zero-order chi connectivity index (χ0) is 15.9. The van der Waals surface area contributed by atoms with Crippen LogP contribution in [0.4, 0.5) is 0 Å². The summed E-state index contributed by atoms with van der Waals surface area (Å²) < 4.78 is 0. The maximum absolute atomic E-state index is 12.0. The molecule has 4 heteroatoms. The number of hydrogen-bond acceptors (Lipinski definition) is 2. The molecular weight excluding hydrogens is 278 g/mol. The lowest BCUT2D eigenvalue weighted by Crippen LogP contribution is -2.43. The standard InChI is InChI=1S/C18H19NO3/c1-13-6-5-9-15(10-13)11-16(18(21)22)19-17(20)12-14-7-3-2-4-8-14/h2-10,16H,11-12H2,1H3,(H,19,20)(H,21,22)/t16-/m1/s1. The van der Waals surface area contributed by atoms with Gasteiger partial charge in [0.1, 0.15) is 6.04 Å². The molecular formula is C18H19NO3. The van der Waals surface area contributed by atoms with Gasteiger partial charge in [0.15, 0.2) is 0 Å². The Morgan fingerprint density at radius 3 is 2.36 bits per heavy atom. The first kappa shape index (κ1) is 15.8. The number of aliphatic carboxylic acids is 1. The molecule has 0 aliphatic rings. The Bertz CT molecular complexity index is 652. The van der Waals surface area contributed by atoms with Gasteiger partial charge in [-0.25, -0.2) is 4.79 Å². The highest BCUT2D eigenvalue weighted by Gasteiger charge is 2.20. The molecule has 0 unspecified atom stereocenters. The van der Waals surface area contributed by atoms with Crippen molar-refractivity contribution in [1.82, 2.24) is 5.32 Å². The molecule has 1 amide bonds. The largest absolute Gasteiger partial charge is 0.480 e. The highest BCUT2D eigenvalue weighted by Crippen LogP contribution is 2.08. The van der Waals surface area contributed by atoms with Gasteiger partial charge in [0, 0.05) is 6.42 Å². The van der Waals surface area contributed by atoms with Crippen molar-refractivity contribution >= 4 is 11.9 Å². The number of benzene rings is 2. The van der Waals surface area contributed by atoms with Gasteiger partial charge in [-0.2, -0.15) is 0 Å². The van der Waals surface area contributed by atoms with E-state index in [9.17, 15) is 14.7 Å². The van der Waals surface area contributed by atoms with Gasteiger partial charge >= 0.3 is 5.97 Å². The summed E-state index contributed by atoms with van der Waals surface area (Å²) in [5, 5.41) is 11.9. The van der Waals surface area contributed by atoms with Gasteiger partial charge in [-0.3, -0.25) is 4.79 Å². The average molecular weight is 297 g/mol. The first-order valence-corrected chi connectivity index (χ1v) is 7.16. The van der Waals surface area contributed by atoms with Gasteiger partial charge in [0.05, 0.1) is 6.42 Å². The van der Waals surface area contributed by atoms with Crippen LogP contribution in [0.25, 0.3) is 0 Å². The van der Waals surface area contributed by atoms with Gasteiger partial charge < -0.3 is 10.4 Å². The lowest BCUT2D eigenvalue weighted by molar-refractivity contribution is -0.141. The Hall–Kier alpha value is -2.62. The van der Waals surface area contributed by atoms with Crippen molar-refractivity contribution in [2.75, 3.05) is 0 Å². The molecule has 0 saturated heterocycles. The van der Waals surface area contributed by atoms with E-state index in [1.807, 2.05) is 61.5 Å². The van der Waals surface area contributed by atoms with Crippen LogP contribution in [-0.2, 0) is 22.4 Å². The number of amides is 1. The second-order valence-corrected chi connectivity index (χ2v) is 5.31. The smallest absolute Gasteiger partial charge is 0.326 e. The quantitative estimate of drug-likeness (QED) is 0.860. The molecule has 114 valence electrons. The SMILES string of the molecule is Cc1cccc(C[C@@H](NC(=O)Cc2ccccc2)C(=O)O)c1. The van der Waals surface area contributed by atoms with Gasteiger partial charge in [-0.05, 0) is 18.1 Å². The fourth-order valence-corrected chi connectivity index (χ4v) is 2.30. The summed E-state index contributed by atoms with van der Waals surface area (Å²) in [6, 6.07) is 16.0. The van der Waals surface area contributed by atoms with Crippen LogP contribution in [0.2, 0.25) is 0 Å². The Morgan fingerprint density at radius 2 is 1.73 bits per heavy atom. The predicted octanol–water partition coefficient (Wildman–Crippen LogP) is 2.35. The summed E-state index contributed by atoms with van der Waals surface area (Å²) in [7, 11) is 0. The van der Waals surface area contributed by atoms with Crippen LogP contribution in [0.15, 0.2) is 54.6 Å². The fourth-order valence-electron chi connectivity index (χ4n) is 2.30. The molecule has 1 atom stereocenters. The minimum atomic E-state index is -1.03. The highest BCUT2D eigenvalue weighted by atomic mass is 16.4. The zero-order valence-corrected chi connectivity index (χ0v) is 12.5. The third kappa shape index (κ3) is 4.74. The maximum atomic E-state index is 12.0. The van der Waals surface area contributed by atoms with Crippen LogP contribution < -0.4 is 5.32 Å². The number of hydrogen-bond donors (Lipinski definition) is 2. The van der Waals surface area contributed by atoms with Crippen molar-refractivity contribution < 1.29 is 14.7 Å². The van der Waals surface area contributed by atoms with Crippen molar-refractivity contribution in [3.05, 3.63) is 71.3 Å². The zero-order valence-electron chi connectivity index (χ0n) is 12.5. The van der Waals surface area contributed by atoms with E-state index < -0.39 is 12.0 Å². The van der Waals surface area contributed by atoms with Crippen LogP contribution in [0.3, 0.4) is 0 Å². The molecule has 0 aromatic heterocycles. The Kier molecular flexibility index (Phi) is 5.31. The van der Waals surface area contributed by atoms with E-state index in [0.717, 1.165) is 16.7 Å². The average Bonchev–Trinajstić information content (AvgIpc) is 2.47. The normalized spacial score (nSPS) is 11.7. The number of carbonyl (C=O) groups excluding carboxylic acids is 1. The molecule has 0 radical (unpaired) electrons. The van der Waals surface area contributed by atoms with Crippen molar-refractivity contribution in [2.24, 2.45) is 0 Å². The minimum Gasteiger partial charge on any atom is -0.480 e. The fraction of sp³-hybridized carbons (Fsp3) is 0.222. The van der Waals surface area contributed by atoms with E-state index in [4.69, 9.17) is 0 Å². The van der Waals surface area contributed by atoms with Crippen molar-refractivity contribution in [3.63, 3.8) is 0 Å². The van der Waals surface area contributed by atoms with Crippen LogP contribution >= 0.6 is 0 Å². The molecule has 0 spiro atoms. The van der Waals surface area contributed by atoms with Gasteiger partial charge in [-0.1, -0.05) is 60.2 Å². The molecule has 0 aliphatic carbocycles. The van der Waals surface area contributed by atoms with E-state index in [-0.39, 0.29) is 18.7 Å². The summed E-state index contributed by atoms with van der Waals surface area (Å²) in [6.07, 6.45) is 0.454. The van der Waals surface area contributed by atoms with E-state index in [2.05, 4.69) is 5.32 Å². The second-order valence-electron chi connectivity index (χ2n) is 5.31. The second kappa shape index (κ2) is 7.41. The van der Waals surface area contributed by atoms with Gasteiger partial charge in [0.25, 0.3) is 0 Å². The molecule has 0 heterocycles. The molecule has 2 aromatic rings. The lowest BCUT2D eigenvalue weighted by atomic mass is 10.0. The first-order valence-electron chi connectivity index (χ1n) is 7.16. The predicted molar refractivity (Wildman–Crippen MR) is 84.6 cm³/mol. The van der Waals surface area contributed by atoms with E-state index in [1.54, 1.807) is 0 Å². The van der Waals surface area contributed by atoms with Gasteiger partial charge in [-0.15, -0.1) is 0 Å². The molecule has 2 rings (SSSR count). The molecule has 2 N–H and O–H groups in total. The maximum Gasteiger partial charge on any atom is 0.326 e. The molecule has 0 saturated carbocycles. The van der Waals surface area contributed by atoms with Crippen LogP contribution in [0, 0.1) is 6.92 Å². The first-order chi connectivity index (χ1) is 10.5. The van der Waals surface area contributed by atoms with Crippen molar-refractivity contribution in [2.45, 2.75) is 25.8 Å². The van der Waals surface area contributed by atoms with E-state index >= 15 is 0 Å². The summed E-state index contributed by atoms with van der Waals surface area (Å²) in [6.45, 7) is 1.95. The summed E-state index contributed by atoms with van der Waals surface area (Å²) in [4.78, 5) is 23.4. The number of carbonyl (C=O) groups is 2. The molecule has 0 fully saturated rings. The Balaban J connectivity index is 1.99. The molecule has 0 aliphatic heterocycles. The lowest BCUT2D eigenvalue weighted by Gasteiger charge is -2.15. The van der Waals surface area contributed by atoms with Crippen LogP contribution in [-0.4, -0.2) is 23.0 Å². The van der Waals surface area contributed by atoms with Crippen molar-refractivity contribution in [1.29, 1.82) is 0 Å². The number of rotatable bonds is 6. The van der Waals surface area contributed by atoms with E-state index in [1.165, 1.54) is 0 Å². The molecule has 4 nitrogen and oxygen atoms in total. The molecule has 2 aromatic carbocycles. The monoisotopic (exact) mass is 297 g/mol. The molecule has 22 heavy (non-hydrogen) atoms. The van der Waals surface area contributed by atoms with Crippen LogP contribution in [0.5, 0.6) is 0 Å². The number of nitrogens with one attached hydrogen (secondary N) is 1. The third-order valence-corrected chi connectivity index (χ3v) is 3.36. The topological polar surface area (TPSA) is 66.4 Å². The third-order valence-electron chi connectivity index (χ3n) is 3.36. The van der Waals surface area contributed by atoms with Gasteiger partial charge in [0.2, 0.25) is 5.91 Å². The molecule has 0 bridgehead atoms. The van der Waals surface area contributed by atoms with E-state index in [0.29, 0.717) is 0 Å². The Morgan fingerprint density at radius 1 is 1.05 bits per heavy atom. The summed E-state index contributed by atoms with van der Waals surface area (Å²) >= 11 is 0. The van der Waals surface area contributed by atoms with Crippen molar-refractivity contribution in [3.8, 4) is 0 Å². The summed E-state index contributed by atoms with van der Waals surface area (Å²) in [5.74, 6) is -1.31. The van der Waals surface area contributed by atoms with Crippen LogP contribution in [0.1, 0.15) is 16.7 Å². The Labute approximate surface area is 129 Å². The number of carboxylic acid groups (broad SMARTS) is 1. The number of aryl methyl sites for hydroxylation is 1. The summed E-state index contributed by atoms with van der Waals surface area (Å²) in [5.41, 5.74) is 2.82. The number of carboxylic acids is 1.